The van der Waals surface area contributed by atoms with Crippen LogP contribution >= 0.6 is 0 Å². The lowest BCUT2D eigenvalue weighted by atomic mass is 10.1. The van der Waals surface area contributed by atoms with Gasteiger partial charge in [-0.2, -0.15) is 0 Å². The predicted octanol–water partition coefficient (Wildman–Crippen LogP) is 1.91. The summed E-state index contributed by atoms with van der Waals surface area (Å²) in [5.74, 6) is 0.971. The normalized spacial score (nSPS) is 18.9. The number of aryl methyl sites for hydroxylation is 1. The van der Waals surface area contributed by atoms with Crippen molar-refractivity contribution in [2.24, 2.45) is 5.73 Å². The quantitative estimate of drug-likeness (QED) is 0.794. The average molecular weight is 206 g/mol. The highest BCUT2D eigenvalue weighted by molar-refractivity contribution is 5.63. The number of rotatable bonds is 3. The third-order valence-electron chi connectivity index (χ3n) is 2.78. The molecule has 0 saturated heterocycles. The first-order valence-corrected chi connectivity index (χ1v) is 5.50. The predicted molar refractivity (Wildman–Crippen MR) is 62.4 cm³/mol. The van der Waals surface area contributed by atoms with Gasteiger partial charge in [-0.25, -0.2) is 0 Å². The van der Waals surface area contributed by atoms with Crippen LogP contribution in [0.2, 0.25) is 0 Å². The van der Waals surface area contributed by atoms with Gasteiger partial charge in [0, 0.05) is 0 Å². The molecule has 1 heterocycles. The maximum absolute atomic E-state index is 5.71. The molecule has 15 heavy (non-hydrogen) atoms. The fourth-order valence-electron chi connectivity index (χ4n) is 1.90. The molecular formula is C12H18N2O. The van der Waals surface area contributed by atoms with Gasteiger partial charge in [0.1, 0.15) is 12.4 Å². The van der Waals surface area contributed by atoms with E-state index in [1.807, 2.05) is 12.1 Å². The highest BCUT2D eigenvalue weighted by atomic mass is 16.5. The van der Waals surface area contributed by atoms with E-state index in [4.69, 9.17) is 10.5 Å². The van der Waals surface area contributed by atoms with Crippen molar-refractivity contribution >= 4 is 5.69 Å². The topological polar surface area (TPSA) is 47.3 Å². The van der Waals surface area contributed by atoms with Crippen LogP contribution in [0.4, 0.5) is 5.69 Å². The highest BCUT2D eigenvalue weighted by Crippen LogP contribution is 2.32. The van der Waals surface area contributed by atoms with E-state index in [1.165, 1.54) is 5.56 Å². The van der Waals surface area contributed by atoms with Crippen molar-refractivity contribution in [3.05, 3.63) is 23.8 Å². The second kappa shape index (κ2) is 4.53. The van der Waals surface area contributed by atoms with Gasteiger partial charge in [-0.1, -0.05) is 12.1 Å². The number of nitrogens with one attached hydrogen (secondary N) is 1. The summed E-state index contributed by atoms with van der Waals surface area (Å²) in [7, 11) is 0. The molecule has 0 radical (unpaired) electrons. The number of para-hydroxylation sites is 1. The molecule has 1 atom stereocenters. The lowest BCUT2D eigenvalue weighted by molar-refractivity contribution is 0.277. The number of anilines is 1. The Bertz CT molecular complexity index is 338. The minimum absolute atomic E-state index is 0.405. The van der Waals surface area contributed by atoms with Crippen LogP contribution < -0.4 is 15.8 Å². The van der Waals surface area contributed by atoms with Crippen molar-refractivity contribution in [1.82, 2.24) is 0 Å². The average Bonchev–Trinajstić information content (AvgIpc) is 2.27. The van der Waals surface area contributed by atoms with Crippen molar-refractivity contribution < 1.29 is 4.74 Å². The van der Waals surface area contributed by atoms with Crippen LogP contribution in [0.25, 0.3) is 0 Å². The molecule has 0 saturated carbocycles. The number of fused-ring (bicyclic) bond motifs is 1. The van der Waals surface area contributed by atoms with Crippen LogP contribution in [0.5, 0.6) is 5.75 Å². The monoisotopic (exact) mass is 206 g/mol. The summed E-state index contributed by atoms with van der Waals surface area (Å²) in [6.45, 7) is 3.59. The maximum atomic E-state index is 5.71. The first-order chi connectivity index (χ1) is 7.31. The van der Waals surface area contributed by atoms with E-state index in [1.54, 1.807) is 0 Å². The summed E-state index contributed by atoms with van der Waals surface area (Å²) in [5.41, 5.74) is 7.89. The molecule has 1 aromatic rings. The highest BCUT2D eigenvalue weighted by Gasteiger charge is 2.19. The first-order valence-electron chi connectivity index (χ1n) is 5.50. The van der Waals surface area contributed by atoms with Crippen LogP contribution in [0.1, 0.15) is 18.4 Å². The summed E-state index contributed by atoms with van der Waals surface area (Å²) in [6.07, 6.45) is 2.12. The molecule has 1 aliphatic rings. The fraction of sp³-hybridized carbons (Fsp3) is 0.500. The van der Waals surface area contributed by atoms with Crippen LogP contribution in [0, 0.1) is 6.92 Å². The third-order valence-corrected chi connectivity index (χ3v) is 2.78. The standard InChI is InChI=1S/C12H18N2O/c1-9-4-2-6-11-12(9)14-10(8-15-11)5-3-7-13/h2,4,6,10,14H,3,5,7-8,13H2,1H3. The van der Waals surface area contributed by atoms with Crippen molar-refractivity contribution in [1.29, 1.82) is 0 Å². The van der Waals surface area contributed by atoms with Gasteiger partial charge in [0.15, 0.2) is 0 Å². The lowest BCUT2D eigenvalue weighted by Crippen LogP contribution is -2.32. The second-order valence-electron chi connectivity index (χ2n) is 4.03. The molecule has 1 unspecified atom stereocenters. The summed E-state index contributed by atoms with van der Waals surface area (Å²) >= 11 is 0. The molecule has 0 bridgehead atoms. The number of nitrogens with two attached hydrogens (primary N) is 1. The third kappa shape index (κ3) is 2.23. The van der Waals surface area contributed by atoms with Gasteiger partial charge < -0.3 is 15.8 Å². The molecular weight excluding hydrogens is 188 g/mol. The minimum atomic E-state index is 0.405. The van der Waals surface area contributed by atoms with Crippen LogP contribution in [0.15, 0.2) is 18.2 Å². The molecule has 1 aliphatic heterocycles. The van der Waals surface area contributed by atoms with E-state index in [-0.39, 0.29) is 0 Å². The summed E-state index contributed by atoms with van der Waals surface area (Å²) in [6, 6.07) is 6.53. The van der Waals surface area contributed by atoms with Gasteiger partial charge in [0.05, 0.1) is 11.7 Å². The van der Waals surface area contributed by atoms with Crippen LogP contribution in [0.3, 0.4) is 0 Å². The summed E-state index contributed by atoms with van der Waals surface area (Å²) in [5, 5.41) is 3.52. The Morgan fingerprint density at radius 3 is 3.20 bits per heavy atom. The van der Waals surface area contributed by atoms with E-state index in [0.717, 1.165) is 37.4 Å². The second-order valence-corrected chi connectivity index (χ2v) is 4.03. The SMILES string of the molecule is Cc1cccc2c1NC(CCCN)CO2. The van der Waals surface area contributed by atoms with Crippen molar-refractivity contribution in [2.75, 3.05) is 18.5 Å². The number of hydrogen-bond acceptors (Lipinski definition) is 3. The zero-order valence-electron chi connectivity index (χ0n) is 9.12. The van der Waals surface area contributed by atoms with Gasteiger partial charge in [-0.3, -0.25) is 0 Å². The Balaban J connectivity index is 2.08. The van der Waals surface area contributed by atoms with Gasteiger partial charge in [0.2, 0.25) is 0 Å². The molecule has 3 heteroatoms. The van der Waals surface area contributed by atoms with Crippen molar-refractivity contribution in [3.63, 3.8) is 0 Å². The minimum Gasteiger partial charge on any atom is -0.489 e. The summed E-state index contributed by atoms with van der Waals surface area (Å²) in [4.78, 5) is 0. The molecule has 0 spiro atoms. The number of hydrogen-bond donors (Lipinski definition) is 2. The first kappa shape index (κ1) is 10.3. The maximum Gasteiger partial charge on any atom is 0.142 e. The molecule has 0 aliphatic carbocycles. The van der Waals surface area contributed by atoms with Crippen molar-refractivity contribution in [3.8, 4) is 5.75 Å². The van der Waals surface area contributed by atoms with E-state index < -0.39 is 0 Å². The largest absolute Gasteiger partial charge is 0.489 e. The van der Waals surface area contributed by atoms with E-state index in [9.17, 15) is 0 Å². The van der Waals surface area contributed by atoms with Crippen LogP contribution in [-0.4, -0.2) is 19.2 Å². The Kier molecular flexibility index (Phi) is 3.11. The van der Waals surface area contributed by atoms with Gasteiger partial charge >= 0.3 is 0 Å². The summed E-state index contributed by atoms with van der Waals surface area (Å²) < 4.78 is 5.71. The smallest absolute Gasteiger partial charge is 0.142 e. The molecule has 0 fully saturated rings. The molecule has 1 aromatic carbocycles. The molecule has 0 amide bonds. The Morgan fingerprint density at radius 1 is 1.53 bits per heavy atom. The molecule has 0 aromatic heterocycles. The van der Waals surface area contributed by atoms with Gasteiger partial charge in [-0.05, 0) is 37.9 Å². The van der Waals surface area contributed by atoms with E-state index in [0.29, 0.717) is 6.04 Å². The van der Waals surface area contributed by atoms with Gasteiger partial charge in [-0.15, -0.1) is 0 Å². The molecule has 82 valence electrons. The number of benzene rings is 1. The van der Waals surface area contributed by atoms with Crippen molar-refractivity contribution in [2.45, 2.75) is 25.8 Å². The fourth-order valence-corrected chi connectivity index (χ4v) is 1.90. The number of ether oxygens (including phenoxy) is 1. The molecule has 3 nitrogen and oxygen atoms in total. The Hall–Kier alpha value is -1.22. The lowest BCUT2D eigenvalue weighted by Gasteiger charge is -2.28. The van der Waals surface area contributed by atoms with E-state index in [2.05, 4.69) is 18.3 Å². The molecule has 3 N–H and O–H groups in total. The Morgan fingerprint density at radius 2 is 2.40 bits per heavy atom. The molecule has 2 rings (SSSR count). The zero-order chi connectivity index (χ0) is 10.7. The zero-order valence-corrected chi connectivity index (χ0v) is 9.12. The van der Waals surface area contributed by atoms with Crippen LogP contribution in [-0.2, 0) is 0 Å². The van der Waals surface area contributed by atoms with Gasteiger partial charge in [0.25, 0.3) is 0 Å². The Labute approximate surface area is 90.6 Å². The van der Waals surface area contributed by atoms with E-state index >= 15 is 0 Å².